The molecule has 0 bridgehead atoms. The second-order valence-electron chi connectivity index (χ2n) is 7.79. The molecule has 25 heavy (non-hydrogen) atoms. The molecule has 0 amide bonds. The van der Waals surface area contributed by atoms with Gasteiger partial charge >= 0.3 is 0 Å². The average molecular weight is 359 g/mol. The van der Waals surface area contributed by atoms with Crippen LogP contribution in [0.3, 0.4) is 0 Å². The molecule has 0 spiro atoms. The predicted octanol–water partition coefficient (Wildman–Crippen LogP) is 3.40. The van der Waals surface area contributed by atoms with Crippen LogP contribution in [-0.4, -0.2) is 40.4 Å². The summed E-state index contributed by atoms with van der Waals surface area (Å²) in [5.41, 5.74) is 0.765. The summed E-state index contributed by atoms with van der Waals surface area (Å²) >= 11 is 1.86. The quantitative estimate of drug-likeness (QED) is 0.876. The first kappa shape index (κ1) is 16.0. The van der Waals surface area contributed by atoms with Crippen LogP contribution in [0, 0.1) is 0 Å². The Bertz CT molecular complexity index is 794. The summed E-state index contributed by atoms with van der Waals surface area (Å²) < 4.78 is 5.40. The van der Waals surface area contributed by atoms with Crippen LogP contribution in [0.15, 0.2) is 0 Å². The fraction of sp³-hybridized carbons (Fsp3) is 0.684. The van der Waals surface area contributed by atoms with Gasteiger partial charge in [-0.1, -0.05) is 0 Å². The van der Waals surface area contributed by atoms with E-state index in [1.807, 2.05) is 11.3 Å². The smallest absolute Gasteiger partial charge is 0.138 e. The van der Waals surface area contributed by atoms with Crippen molar-refractivity contribution in [3.63, 3.8) is 0 Å². The van der Waals surface area contributed by atoms with E-state index in [-0.39, 0.29) is 0 Å². The van der Waals surface area contributed by atoms with E-state index in [2.05, 4.69) is 5.32 Å². The third-order valence-electron chi connectivity index (χ3n) is 5.78. The summed E-state index contributed by atoms with van der Waals surface area (Å²) in [5, 5.41) is 15.5. The number of thiophene rings is 1. The van der Waals surface area contributed by atoms with Gasteiger partial charge < -0.3 is 15.2 Å². The largest absolute Gasteiger partial charge is 0.388 e. The average Bonchev–Trinajstić information content (AvgIpc) is 3.41. The minimum absolute atomic E-state index is 0.537. The summed E-state index contributed by atoms with van der Waals surface area (Å²) in [6.07, 6.45) is 8.63. The van der Waals surface area contributed by atoms with Crippen molar-refractivity contribution in [1.82, 2.24) is 9.97 Å². The zero-order valence-corrected chi connectivity index (χ0v) is 15.3. The van der Waals surface area contributed by atoms with Crippen molar-refractivity contribution >= 4 is 27.4 Å². The molecule has 134 valence electrons. The molecule has 2 aromatic heterocycles. The second-order valence-corrected chi connectivity index (χ2v) is 8.87. The van der Waals surface area contributed by atoms with E-state index in [0.29, 0.717) is 38.5 Å². The van der Waals surface area contributed by atoms with Crippen LogP contribution in [0.4, 0.5) is 5.82 Å². The van der Waals surface area contributed by atoms with E-state index in [1.165, 1.54) is 47.9 Å². The Morgan fingerprint density at radius 1 is 1.16 bits per heavy atom. The lowest BCUT2D eigenvalue weighted by Gasteiger charge is -2.32. The number of ether oxygens (including phenoxy) is 1. The number of anilines is 1. The van der Waals surface area contributed by atoms with Crippen LogP contribution in [0.5, 0.6) is 0 Å². The molecular weight excluding hydrogens is 334 g/mol. The zero-order chi connectivity index (χ0) is 16.9. The van der Waals surface area contributed by atoms with E-state index < -0.39 is 5.60 Å². The molecule has 0 atom stereocenters. The third-order valence-corrected chi connectivity index (χ3v) is 6.97. The number of aliphatic hydroxyl groups is 1. The van der Waals surface area contributed by atoms with Crippen LogP contribution < -0.4 is 5.32 Å². The molecule has 1 aliphatic heterocycles. The first-order valence-corrected chi connectivity index (χ1v) is 10.4. The van der Waals surface area contributed by atoms with Gasteiger partial charge in [-0.3, -0.25) is 0 Å². The summed E-state index contributed by atoms with van der Waals surface area (Å²) in [7, 11) is 0. The van der Waals surface area contributed by atoms with Crippen molar-refractivity contribution in [2.75, 3.05) is 25.1 Å². The molecule has 1 saturated carbocycles. The number of nitrogens with zero attached hydrogens (tertiary/aromatic N) is 2. The molecule has 2 N–H and O–H groups in total. The normalized spacial score (nSPS) is 22.8. The second kappa shape index (κ2) is 6.18. The van der Waals surface area contributed by atoms with Crippen LogP contribution >= 0.6 is 11.3 Å². The number of hydrogen-bond donors (Lipinski definition) is 2. The molecule has 2 aliphatic carbocycles. The SMILES string of the molecule is OC1(CNc2nc(C3CC3)nc3sc4c(c23)CCCC4)CCOCC1. The Morgan fingerprint density at radius 3 is 2.76 bits per heavy atom. The van der Waals surface area contributed by atoms with Crippen molar-refractivity contribution in [3.05, 3.63) is 16.3 Å². The molecule has 3 heterocycles. The number of rotatable bonds is 4. The van der Waals surface area contributed by atoms with Gasteiger partial charge in [0.05, 0.1) is 11.0 Å². The molecule has 1 saturated heterocycles. The molecule has 0 radical (unpaired) electrons. The summed E-state index contributed by atoms with van der Waals surface area (Å²) in [5.74, 6) is 2.48. The molecule has 2 aromatic rings. The summed E-state index contributed by atoms with van der Waals surface area (Å²) in [6, 6.07) is 0. The van der Waals surface area contributed by atoms with E-state index in [4.69, 9.17) is 14.7 Å². The number of aromatic nitrogens is 2. The van der Waals surface area contributed by atoms with Crippen LogP contribution in [0.2, 0.25) is 0 Å². The molecule has 0 unspecified atom stereocenters. The maximum Gasteiger partial charge on any atom is 0.138 e. The van der Waals surface area contributed by atoms with Gasteiger partial charge in [0, 0.05) is 43.4 Å². The molecule has 5 nitrogen and oxygen atoms in total. The standard InChI is InChI=1S/C19H25N3O2S/c23-19(7-9-24-10-8-19)11-20-17-15-13-3-1-2-4-14(13)25-18(15)22-16(21-17)12-5-6-12/h12,23H,1-11H2,(H,20,21,22). The minimum Gasteiger partial charge on any atom is -0.388 e. The summed E-state index contributed by atoms with van der Waals surface area (Å²) in [6.45, 7) is 1.81. The van der Waals surface area contributed by atoms with E-state index >= 15 is 0 Å². The predicted molar refractivity (Wildman–Crippen MR) is 99.5 cm³/mol. The lowest BCUT2D eigenvalue weighted by molar-refractivity contribution is -0.0543. The highest BCUT2D eigenvalue weighted by Gasteiger charge is 2.32. The minimum atomic E-state index is -0.689. The van der Waals surface area contributed by atoms with Gasteiger partial charge in [0.25, 0.3) is 0 Å². The number of fused-ring (bicyclic) bond motifs is 3. The van der Waals surface area contributed by atoms with Crippen molar-refractivity contribution in [2.45, 2.75) is 62.9 Å². The van der Waals surface area contributed by atoms with Gasteiger partial charge in [-0.15, -0.1) is 11.3 Å². The highest BCUT2D eigenvalue weighted by Crippen LogP contribution is 2.43. The maximum absolute atomic E-state index is 10.8. The Labute approximate surface area is 151 Å². The Balaban J connectivity index is 1.51. The molecule has 3 aliphatic rings. The lowest BCUT2D eigenvalue weighted by Crippen LogP contribution is -2.42. The van der Waals surface area contributed by atoms with Gasteiger partial charge in [0.15, 0.2) is 0 Å². The molecule has 5 rings (SSSR count). The third kappa shape index (κ3) is 3.04. The van der Waals surface area contributed by atoms with Crippen LogP contribution in [-0.2, 0) is 17.6 Å². The topological polar surface area (TPSA) is 67.3 Å². The lowest BCUT2D eigenvalue weighted by atomic mass is 9.94. The van der Waals surface area contributed by atoms with E-state index in [9.17, 15) is 5.11 Å². The highest BCUT2D eigenvalue weighted by atomic mass is 32.1. The Hall–Kier alpha value is -1.24. The van der Waals surface area contributed by atoms with Gasteiger partial charge in [-0.25, -0.2) is 9.97 Å². The molecule has 0 aromatic carbocycles. The van der Waals surface area contributed by atoms with Crippen LogP contribution in [0.1, 0.15) is 60.7 Å². The van der Waals surface area contributed by atoms with Gasteiger partial charge in [0.2, 0.25) is 0 Å². The maximum atomic E-state index is 10.8. The highest BCUT2D eigenvalue weighted by molar-refractivity contribution is 7.19. The van der Waals surface area contributed by atoms with Crippen molar-refractivity contribution in [3.8, 4) is 0 Å². The molecule has 2 fully saturated rings. The molecule has 6 heteroatoms. The zero-order valence-electron chi connectivity index (χ0n) is 14.5. The number of aryl methyl sites for hydroxylation is 2. The van der Waals surface area contributed by atoms with E-state index in [1.54, 1.807) is 0 Å². The van der Waals surface area contributed by atoms with Crippen molar-refractivity contribution < 1.29 is 9.84 Å². The number of nitrogens with one attached hydrogen (secondary N) is 1. The molecular formula is C19H25N3O2S. The monoisotopic (exact) mass is 359 g/mol. The first-order valence-electron chi connectivity index (χ1n) is 9.58. The van der Waals surface area contributed by atoms with Gasteiger partial charge in [-0.05, 0) is 44.1 Å². The van der Waals surface area contributed by atoms with Crippen LogP contribution in [0.25, 0.3) is 10.2 Å². The van der Waals surface area contributed by atoms with Gasteiger partial charge in [0.1, 0.15) is 16.5 Å². The Morgan fingerprint density at radius 2 is 1.96 bits per heavy atom. The first-order chi connectivity index (χ1) is 12.2. The number of hydrogen-bond acceptors (Lipinski definition) is 6. The van der Waals surface area contributed by atoms with E-state index in [0.717, 1.165) is 22.9 Å². The van der Waals surface area contributed by atoms with Gasteiger partial charge in [-0.2, -0.15) is 0 Å². The van der Waals surface area contributed by atoms with Crippen molar-refractivity contribution in [2.24, 2.45) is 0 Å². The fourth-order valence-electron chi connectivity index (χ4n) is 4.00. The fourth-order valence-corrected chi connectivity index (χ4v) is 5.27. The van der Waals surface area contributed by atoms with Crippen molar-refractivity contribution in [1.29, 1.82) is 0 Å². The summed E-state index contributed by atoms with van der Waals surface area (Å²) in [4.78, 5) is 12.4. The Kier molecular flexibility index (Phi) is 3.95.